The molecule has 0 unspecified atom stereocenters. The molecule has 1 aromatic rings. The molecule has 6 nitrogen and oxygen atoms in total. The molecule has 0 saturated carbocycles. The summed E-state index contributed by atoms with van der Waals surface area (Å²) >= 11 is 0. The third-order valence-electron chi connectivity index (χ3n) is 2.08. The predicted molar refractivity (Wildman–Crippen MR) is 72.3 cm³/mol. The number of carbonyl (C=O) groups excluding carboxylic acids is 1. The maximum Gasteiger partial charge on any atom is 0.321 e. The maximum absolute atomic E-state index is 11.9. The summed E-state index contributed by atoms with van der Waals surface area (Å²) in [6.07, 6.45) is 1.36. The fraction of sp³-hybridized carbons (Fsp3) is 0.462. The summed E-state index contributed by atoms with van der Waals surface area (Å²) in [6.45, 7) is 5.00. The Labute approximate surface area is 118 Å². The molecule has 0 amide bonds. The third-order valence-corrected chi connectivity index (χ3v) is 3.53. The lowest BCUT2D eigenvalue weighted by atomic mass is 10.2. The van der Waals surface area contributed by atoms with Crippen LogP contribution in [0.4, 0.5) is 0 Å². The van der Waals surface area contributed by atoms with E-state index in [1.54, 1.807) is 20.8 Å². The standard InChI is InChI=1S/C13H16N2O4S/c1-13(2,3)19-12(16)9-20(17,18)8-10-4-5-15-11(6-10)7-14/h4-6H,8-9H2,1-3H3. The van der Waals surface area contributed by atoms with Crippen LogP contribution in [0.25, 0.3) is 0 Å². The smallest absolute Gasteiger partial charge is 0.321 e. The van der Waals surface area contributed by atoms with Crippen molar-refractivity contribution in [2.45, 2.75) is 32.1 Å². The average Bonchev–Trinajstić information content (AvgIpc) is 2.24. The van der Waals surface area contributed by atoms with Crippen LogP contribution in [-0.4, -0.2) is 30.7 Å². The number of sulfone groups is 1. The topological polar surface area (TPSA) is 97.1 Å². The van der Waals surface area contributed by atoms with Crippen LogP contribution in [0.5, 0.6) is 0 Å². The van der Waals surface area contributed by atoms with E-state index in [0.29, 0.717) is 5.56 Å². The fourth-order valence-electron chi connectivity index (χ4n) is 1.48. The van der Waals surface area contributed by atoms with E-state index in [1.165, 1.54) is 18.3 Å². The van der Waals surface area contributed by atoms with Gasteiger partial charge in [0.25, 0.3) is 0 Å². The van der Waals surface area contributed by atoms with E-state index in [9.17, 15) is 13.2 Å². The molecule has 1 aromatic heterocycles. The highest BCUT2D eigenvalue weighted by atomic mass is 32.2. The molecule has 1 heterocycles. The van der Waals surface area contributed by atoms with Crippen LogP contribution in [0.3, 0.4) is 0 Å². The summed E-state index contributed by atoms with van der Waals surface area (Å²) in [5.41, 5.74) is -0.174. The number of ether oxygens (including phenoxy) is 1. The molecule has 0 fully saturated rings. The van der Waals surface area contributed by atoms with Crippen LogP contribution < -0.4 is 0 Å². The number of nitrogens with zero attached hydrogens (tertiary/aromatic N) is 2. The van der Waals surface area contributed by atoms with E-state index in [0.717, 1.165) is 0 Å². The number of hydrogen-bond donors (Lipinski definition) is 0. The molecule has 0 spiro atoms. The summed E-state index contributed by atoms with van der Waals surface area (Å²) in [4.78, 5) is 15.3. The zero-order valence-electron chi connectivity index (χ0n) is 11.6. The van der Waals surface area contributed by atoms with Gasteiger partial charge in [0.1, 0.15) is 23.1 Å². The summed E-state index contributed by atoms with van der Waals surface area (Å²) in [6, 6.07) is 4.70. The van der Waals surface area contributed by atoms with Gasteiger partial charge in [-0.05, 0) is 38.5 Å². The van der Waals surface area contributed by atoms with Crippen molar-refractivity contribution >= 4 is 15.8 Å². The van der Waals surface area contributed by atoms with Crippen LogP contribution in [0.1, 0.15) is 32.0 Å². The van der Waals surface area contributed by atoms with Gasteiger partial charge in [-0.2, -0.15) is 5.26 Å². The number of aromatic nitrogens is 1. The van der Waals surface area contributed by atoms with Gasteiger partial charge in [0.05, 0.1) is 5.75 Å². The maximum atomic E-state index is 11.9. The Morgan fingerprint density at radius 1 is 1.45 bits per heavy atom. The fourth-order valence-corrected chi connectivity index (χ4v) is 2.69. The van der Waals surface area contributed by atoms with E-state index in [1.807, 2.05) is 6.07 Å². The Bertz CT molecular complexity index is 639. The molecule has 0 bridgehead atoms. The quantitative estimate of drug-likeness (QED) is 0.775. The lowest BCUT2D eigenvalue weighted by molar-refractivity contribution is -0.151. The van der Waals surface area contributed by atoms with Crippen LogP contribution in [0.15, 0.2) is 18.3 Å². The summed E-state index contributed by atoms with van der Waals surface area (Å²) in [5.74, 6) is -1.80. The Kier molecular flexibility index (Phi) is 4.84. The number of esters is 1. The highest BCUT2D eigenvalue weighted by Gasteiger charge is 2.23. The normalized spacial score (nSPS) is 11.7. The van der Waals surface area contributed by atoms with Crippen LogP contribution >= 0.6 is 0 Å². The van der Waals surface area contributed by atoms with Crippen molar-refractivity contribution in [1.29, 1.82) is 5.26 Å². The minimum Gasteiger partial charge on any atom is -0.459 e. The lowest BCUT2D eigenvalue weighted by Crippen LogP contribution is -2.29. The van der Waals surface area contributed by atoms with E-state index < -0.39 is 27.2 Å². The minimum atomic E-state index is -3.64. The molecule has 0 aliphatic heterocycles. The number of pyridine rings is 1. The van der Waals surface area contributed by atoms with Crippen molar-refractivity contribution in [2.75, 3.05) is 5.75 Å². The van der Waals surface area contributed by atoms with Crippen molar-refractivity contribution in [3.05, 3.63) is 29.6 Å². The minimum absolute atomic E-state index is 0.134. The molecule has 0 radical (unpaired) electrons. The van der Waals surface area contributed by atoms with Crippen LogP contribution in [0, 0.1) is 11.3 Å². The average molecular weight is 296 g/mol. The van der Waals surface area contributed by atoms with Gasteiger partial charge < -0.3 is 4.74 Å². The van der Waals surface area contributed by atoms with Crippen LogP contribution in [0.2, 0.25) is 0 Å². The Morgan fingerprint density at radius 2 is 2.10 bits per heavy atom. The second kappa shape index (κ2) is 6.01. The largest absolute Gasteiger partial charge is 0.459 e. The van der Waals surface area contributed by atoms with Gasteiger partial charge in [-0.3, -0.25) is 4.79 Å². The molecule has 0 saturated heterocycles. The van der Waals surface area contributed by atoms with Gasteiger partial charge in [0, 0.05) is 6.20 Å². The predicted octanol–water partition coefficient (Wildman–Crippen LogP) is 1.21. The highest BCUT2D eigenvalue weighted by Crippen LogP contribution is 2.11. The molecular weight excluding hydrogens is 280 g/mol. The van der Waals surface area contributed by atoms with E-state index in [4.69, 9.17) is 10.00 Å². The van der Waals surface area contributed by atoms with Crippen molar-refractivity contribution in [2.24, 2.45) is 0 Å². The summed E-state index contributed by atoms with van der Waals surface area (Å²) in [5, 5.41) is 8.70. The van der Waals surface area contributed by atoms with Crippen LogP contribution in [-0.2, 0) is 25.1 Å². The molecule has 0 aliphatic carbocycles. The van der Waals surface area contributed by atoms with Gasteiger partial charge in [-0.1, -0.05) is 0 Å². The van der Waals surface area contributed by atoms with Gasteiger partial charge in [0.2, 0.25) is 0 Å². The van der Waals surface area contributed by atoms with Crippen molar-refractivity contribution in [3.63, 3.8) is 0 Å². The first-order valence-electron chi connectivity index (χ1n) is 5.88. The molecule has 108 valence electrons. The number of rotatable bonds is 4. The molecule has 0 N–H and O–H groups in total. The van der Waals surface area contributed by atoms with E-state index in [2.05, 4.69) is 4.98 Å². The van der Waals surface area contributed by atoms with Crippen molar-refractivity contribution < 1.29 is 17.9 Å². The molecule has 7 heteroatoms. The first-order chi connectivity index (χ1) is 9.11. The number of carbonyl (C=O) groups is 1. The number of hydrogen-bond acceptors (Lipinski definition) is 6. The Morgan fingerprint density at radius 3 is 2.65 bits per heavy atom. The molecular formula is C13H16N2O4S. The Hall–Kier alpha value is -1.94. The van der Waals surface area contributed by atoms with Gasteiger partial charge in [-0.25, -0.2) is 13.4 Å². The first-order valence-corrected chi connectivity index (χ1v) is 7.71. The summed E-state index contributed by atoms with van der Waals surface area (Å²) < 4.78 is 28.8. The third kappa shape index (κ3) is 5.80. The van der Waals surface area contributed by atoms with Crippen molar-refractivity contribution in [1.82, 2.24) is 4.98 Å². The van der Waals surface area contributed by atoms with Gasteiger partial charge in [-0.15, -0.1) is 0 Å². The molecule has 0 aliphatic rings. The first kappa shape index (κ1) is 16.1. The zero-order chi connectivity index (χ0) is 15.4. The lowest BCUT2D eigenvalue weighted by Gasteiger charge is -2.19. The second-order valence-electron chi connectivity index (χ2n) is 5.28. The van der Waals surface area contributed by atoms with Gasteiger partial charge >= 0.3 is 5.97 Å². The van der Waals surface area contributed by atoms with Gasteiger partial charge in [0.15, 0.2) is 9.84 Å². The Balaban J connectivity index is 2.75. The summed E-state index contributed by atoms with van der Waals surface area (Å²) in [7, 11) is -3.64. The van der Waals surface area contributed by atoms with E-state index >= 15 is 0 Å². The molecule has 20 heavy (non-hydrogen) atoms. The highest BCUT2D eigenvalue weighted by molar-refractivity contribution is 7.91. The van der Waals surface area contributed by atoms with Crippen molar-refractivity contribution in [3.8, 4) is 6.07 Å². The SMILES string of the molecule is CC(C)(C)OC(=O)CS(=O)(=O)Cc1ccnc(C#N)c1. The monoisotopic (exact) mass is 296 g/mol. The molecule has 0 atom stereocenters. The zero-order valence-corrected chi connectivity index (χ0v) is 12.4. The number of nitriles is 1. The molecule has 0 aromatic carbocycles. The second-order valence-corrected chi connectivity index (χ2v) is 7.34. The van der Waals surface area contributed by atoms with E-state index in [-0.39, 0.29) is 11.4 Å². The molecule has 1 rings (SSSR count).